The number of rotatable bonds is 4. The molecule has 4 nitrogen and oxygen atoms in total. The Kier molecular flexibility index (Phi) is 2.41. The smallest absolute Gasteiger partial charge is 0.309 e. The zero-order valence-corrected chi connectivity index (χ0v) is 8.75. The third-order valence-electron chi connectivity index (χ3n) is 2.27. The van der Waals surface area contributed by atoms with Crippen molar-refractivity contribution in [1.82, 2.24) is 4.98 Å². The van der Waals surface area contributed by atoms with E-state index in [4.69, 9.17) is 5.11 Å². The molecule has 0 saturated heterocycles. The average Bonchev–Trinajstić information content (AvgIpc) is 2.86. The quantitative estimate of drug-likeness (QED) is 0.819. The van der Waals surface area contributed by atoms with Crippen molar-refractivity contribution in [2.24, 2.45) is 0 Å². The lowest BCUT2D eigenvalue weighted by molar-refractivity contribution is -0.136. The van der Waals surface area contributed by atoms with Crippen LogP contribution in [0.15, 0.2) is 5.38 Å². The molecule has 0 aromatic carbocycles. The Morgan fingerprint density at radius 1 is 1.79 bits per heavy atom. The fourth-order valence-electron chi connectivity index (χ4n) is 1.31. The first kappa shape index (κ1) is 9.45. The van der Waals surface area contributed by atoms with Gasteiger partial charge < -0.3 is 10.0 Å². The van der Waals surface area contributed by atoms with Gasteiger partial charge >= 0.3 is 5.97 Å². The predicted molar refractivity (Wildman–Crippen MR) is 54.9 cm³/mol. The van der Waals surface area contributed by atoms with Gasteiger partial charge in [-0.05, 0) is 12.8 Å². The lowest BCUT2D eigenvalue weighted by Crippen LogP contribution is -2.19. The Balaban J connectivity index is 2.04. The van der Waals surface area contributed by atoms with Crippen LogP contribution in [0.25, 0.3) is 0 Å². The van der Waals surface area contributed by atoms with Gasteiger partial charge in [-0.3, -0.25) is 4.79 Å². The average molecular weight is 212 g/mol. The maximum Gasteiger partial charge on any atom is 0.309 e. The van der Waals surface area contributed by atoms with Gasteiger partial charge in [-0.1, -0.05) is 0 Å². The number of anilines is 1. The van der Waals surface area contributed by atoms with Crippen LogP contribution in [-0.4, -0.2) is 29.1 Å². The molecule has 0 radical (unpaired) electrons. The molecule has 1 aliphatic carbocycles. The minimum atomic E-state index is -0.823. The highest BCUT2D eigenvalue weighted by atomic mass is 32.1. The molecule has 0 bridgehead atoms. The topological polar surface area (TPSA) is 53.4 Å². The van der Waals surface area contributed by atoms with Crippen LogP contribution in [0, 0.1) is 0 Å². The Morgan fingerprint density at radius 2 is 2.50 bits per heavy atom. The number of thiazole rings is 1. The fourth-order valence-corrected chi connectivity index (χ4v) is 2.18. The molecule has 0 aliphatic heterocycles. The highest BCUT2D eigenvalue weighted by molar-refractivity contribution is 7.13. The molecular formula is C9H12N2O2S. The molecule has 1 fully saturated rings. The lowest BCUT2D eigenvalue weighted by Gasteiger charge is -2.13. The number of carbonyl (C=O) groups is 1. The summed E-state index contributed by atoms with van der Waals surface area (Å²) in [6, 6.07) is 0.624. The standard InChI is InChI=1S/C9H12N2O2S/c1-11(7-2-3-7)9-10-6(5-14-9)4-8(12)13/h5,7H,2-4H2,1H3,(H,12,13). The van der Waals surface area contributed by atoms with Gasteiger partial charge in [0.15, 0.2) is 5.13 Å². The number of hydrogen-bond acceptors (Lipinski definition) is 4. The third-order valence-corrected chi connectivity index (χ3v) is 3.25. The van der Waals surface area contributed by atoms with Crippen molar-refractivity contribution >= 4 is 22.4 Å². The van der Waals surface area contributed by atoms with E-state index in [9.17, 15) is 4.79 Å². The highest BCUT2D eigenvalue weighted by Gasteiger charge is 2.27. The van der Waals surface area contributed by atoms with Crippen LogP contribution in [0.4, 0.5) is 5.13 Å². The summed E-state index contributed by atoms with van der Waals surface area (Å²) in [7, 11) is 2.01. The molecule has 14 heavy (non-hydrogen) atoms. The maximum atomic E-state index is 10.4. The maximum absolute atomic E-state index is 10.4. The molecule has 1 aromatic heterocycles. The minimum absolute atomic E-state index is 0.0228. The van der Waals surface area contributed by atoms with E-state index < -0.39 is 5.97 Å². The monoisotopic (exact) mass is 212 g/mol. The van der Waals surface area contributed by atoms with E-state index in [-0.39, 0.29) is 6.42 Å². The molecular weight excluding hydrogens is 200 g/mol. The summed E-state index contributed by atoms with van der Waals surface area (Å²) in [4.78, 5) is 16.9. The van der Waals surface area contributed by atoms with E-state index in [1.807, 2.05) is 12.4 Å². The Morgan fingerprint density at radius 3 is 3.07 bits per heavy atom. The van der Waals surface area contributed by atoms with Gasteiger partial charge in [0.05, 0.1) is 12.1 Å². The number of aromatic nitrogens is 1. The van der Waals surface area contributed by atoms with Crippen molar-refractivity contribution in [3.63, 3.8) is 0 Å². The lowest BCUT2D eigenvalue weighted by atomic mass is 10.3. The van der Waals surface area contributed by atoms with Crippen molar-refractivity contribution in [2.75, 3.05) is 11.9 Å². The second kappa shape index (κ2) is 3.57. The summed E-state index contributed by atoms with van der Waals surface area (Å²) >= 11 is 1.52. The van der Waals surface area contributed by atoms with Gasteiger partial charge in [-0.15, -0.1) is 11.3 Å². The minimum Gasteiger partial charge on any atom is -0.481 e. The molecule has 1 saturated carbocycles. The number of hydrogen-bond donors (Lipinski definition) is 1. The first-order valence-electron chi connectivity index (χ1n) is 4.56. The number of carboxylic acid groups (broad SMARTS) is 1. The Bertz CT molecular complexity index is 346. The van der Waals surface area contributed by atoms with E-state index in [0.29, 0.717) is 11.7 Å². The summed E-state index contributed by atoms with van der Waals surface area (Å²) in [5.41, 5.74) is 0.657. The van der Waals surface area contributed by atoms with Gasteiger partial charge in [0.25, 0.3) is 0 Å². The molecule has 5 heteroatoms. The summed E-state index contributed by atoms with van der Waals surface area (Å²) < 4.78 is 0. The normalized spacial score (nSPS) is 15.5. The number of carboxylic acids is 1. The van der Waals surface area contributed by atoms with Crippen molar-refractivity contribution in [3.05, 3.63) is 11.1 Å². The first-order valence-corrected chi connectivity index (χ1v) is 5.44. The highest BCUT2D eigenvalue weighted by Crippen LogP contribution is 2.31. The van der Waals surface area contributed by atoms with Crippen molar-refractivity contribution in [1.29, 1.82) is 0 Å². The van der Waals surface area contributed by atoms with E-state index in [2.05, 4.69) is 9.88 Å². The van der Waals surface area contributed by atoms with Gasteiger partial charge in [0.1, 0.15) is 0 Å². The second-order valence-corrected chi connectivity index (χ2v) is 4.37. The second-order valence-electron chi connectivity index (χ2n) is 3.53. The fraction of sp³-hybridized carbons (Fsp3) is 0.556. The van der Waals surface area contributed by atoms with Crippen molar-refractivity contribution in [3.8, 4) is 0 Å². The zero-order chi connectivity index (χ0) is 10.1. The Hall–Kier alpha value is -1.10. The van der Waals surface area contributed by atoms with Crippen molar-refractivity contribution in [2.45, 2.75) is 25.3 Å². The summed E-state index contributed by atoms with van der Waals surface area (Å²) in [6.45, 7) is 0. The summed E-state index contributed by atoms with van der Waals surface area (Å²) in [5.74, 6) is -0.823. The van der Waals surface area contributed by atoms with Gasteiger partial charge in [-0.2, -0.15) is 0 Å². The molecule has 1 aliphatic rings. The molecule has 1 heterocycles. The summed E-state index contributed by atoms with van der Waals surface area (Å²) in [6.07, 6.45) is 2.48. The Labute approximate surface area is 86.2 Å². The van der Waals surface area contributed by atoms with Crippen LogP contribution in [0.1, 0.15) is 18.5 Å². The molecule has 1 aromatic rings. The van der Waals surface area contributed by atoms with Gasteiger partial charge in [0.2, 0.25) is 0 Å². The molecule has 1 N–H and O–H groups in total. The molecule has 0 atom stereocenters. The van der Waals surface area contributed by atoms with Crippen molar-refractivity contribution < 1.29 is 9.90 Å². The van der Waals surface area contributed by atoms with Gasteiger partial charge in [0, 0.05) is 18.5 Å². The molecule has 2 rings (SSSR count). The SMILES string of the molecule is CN(c1nc(CC(=O)O)cs1)C1CC1. The largest absolute Gasteiger partial charge is 0.481 e. The van der Waals surface area contributed by atoms with E-state index >= 15 is 0 Å². The first-order chi connectivity index (χ1) is 6.66. The molecule has 76 valence electrons. The van der Waals surface area contributed by atoms with Crippen LogP contribution in [0.2, 0.25) is 0 Å². The zero-order valence-electron chi connectivity index (χ0n) is 7.93. The third kappa shape index (κ3) is 2.04. The van der Waals surface area contributed by atoms with Crippen LogP contribution in [0.3, 0.4) is 0 Å². The predicted octanol–water partition coefficient (Wildman–Crippen LogP) is 1.37. The molecule has 0 amide bonds. The van der Waals surface area contributed by atoms with Crippen LogP contribution in [-0.2, 0) is 11.2 Å². The number of aliphatic carboxylic acids is 1. The van der Waals surface area contributed by atoms with E-state index in [1.165, 1.54) is 24.2 Å². The molecule has 0 unspecified atom stereocenters. The summed E-state index contributed by atoms with van der Waals surface area (Å²) in [5, 5.41) is 11.3. The molecule has 0 spiro atoms. The van der Waals surface area contributed by atoms with Crippen LogP contribution < -0.4 is 4.90 Å². The van der Waals surface area contributed by atoms with Crippen LogP contribution >= 0.6 is 11.3 Å². The van der Waals surface area contributed by atoms with E-state index in [0.717, 1.165) is 5.13 Å². The number of nitrogens with zero attached hydrogens (tertiary/aromatic N) is 2. The van der Waals surface area contributed by atoms with Gasteiger partial charge in [-0.25, -0.2) is 4.98 Å². The van der Waals surface area contributed by atoms with Crippen LogP contribution in [0.5, 0.6) is 0 Å². The van der Waals surface area contributed by atoms with E-state index in [1.54, 1.807) is 0 Å².